The number of pyridine rings is 4. The zero-order chi connectivity index (χ0) is 68.8. The molecule has 2 aromatic carbocycles. The second-order valence-corrected chi connectivity index (χ2v) is 30.4. The average Bonchev–Trinajstić information content (AvgIpc) is 1.77. The molecule has 2 aliphatic heterocycles. The smallest absolute Gasteiger partial charge is 0.471 e. The lowest BCUT2D eigenvalue weighted by Crippen LogP contribution is -2.48. The number of alkyl halides is 3. The number of carbonyl (C=O) groups excluding carboxylic acids is 4. The van der Waals surface area contributed by atoms with Crippen molar-refractivity contribution in [1.82, 2.24) is 39.6 Å². The highest BCUT2D eigenvalue weighted by Crippen LogP contribution is 2.40. The Morgan fingerprint density at radius 2 is 1.06 bits per heavy atom. The first-order chi connectivity index (χ1) is 43.2. The van der Waals surface area contributed by atoms with Crippen LogP contribution in [0.15, 0.2) is 119 Å². The van der Waals surface area contributed by atoms with Crippen molar-refractivity contribution < 1.29 is 63.8 Å². The SMILES string of the molecule is CC1(C)C[C@H](CCC(Nc2cccc(S(=O)(=O)NC(=O)c3ccc(C(C)(C)C)nc3Cl)n2)c2ccc(C(=O)O)cc2)CN1.COC(=O)c1ccc(C(CC[C@@H]2CN(C(=O)C(F)(F)F)C(C)(C)C2)Nc2cccc(S(=O)(=O)NC(=O)c3ccc(C(C)(C)C)nc3Cl)n2)cc1. The van der Waals surface area contributed by atoms with Crippen molar-refractivity contribution >= 4 is 84.5 Å². The maximum absolute atomic E-state index is 13.3. The minimum Gasteiger partial charge on any atom is -0.478 e. The fourth-order valence-electron chi connectivity index (χ4n) is 11.0. The summed E-state index contributed by atoms with van der Waals surface area (Å²) < 4.78 is 102. The Kier molecular flexibility index (Phi) is 22.5. The number of likely N-dealkylation sites (tertiary alicyclic amines) is 1. The van der Waals surface area contributed by atoms with Crippen LogP contribution in [0.25, 0.3) is 0 Å². The molecule has 4 aromatic heterocycles. The zero-order valence-corrected chi connectivity index (χ0v) is 56.5. The lowest BCUT2D eigenvalue weighted by Gasteiger charge is -2.31. The van der Waals surface area contributed by atoms with E-state index in [0.717, 1.165) is 29.8 Å². The van der Waals surface area contributed by atoms with Gasteiger partial charge in [-0.05, 0) is 169 Å². The zero-order valence-electron chi connectivity index (χ0n) is 53.3. The maximum atomic E-state index is 13.3. The van der Waals surface area contributed by atoms with Crippen LogP contribution in [0.2, 0.25) is 10.3 Å². The fourth-order valence-corrected chi connectivity index (χ4v) is 13.4. The van der Waals surface area contributed by atoms with Crippen LogP contribution in [-0.2, 0) is 40.4 Å². The summed E-state index contributed by atoms with van der Waals surface area (Å²) in [5, 5.41) is 18.3. The van der Waals surface area contributed by atoms with Gasteiger partial charge < -0.3 is 30.7 Å². The van der Waals surface area contributed by atoms with E-state index in [0.29, 0.717) is 59.9 Å². The number of ether oxygens (including phenoxy) is 1. The van der Waals surface area contributed by atoms with Gasteiger partial charge in [-0.2, -0.15) is 30.0 Å². The molecule has 2 fully saturated rings. The number of sulfonamides is 2. The van der Waals surface area contributed by atoms with Gasteiger partial charge in [0.05, 0.1) is 41.4 Å². The van der Waals surface area contributed by atoms with E-state index >= 15 is 0 Å². The number of benzene rings is 2. The standard InChI is InChI=1S/C34H39ClF3N5O6S.C31H38ClN5O5S/c1-32(2,3)25-17-15-23(28(35)40-25)29(44)42-50(47,48)27-9-7-8-26(41-27)39-24(21-11-13-22(14-12-21)30(45)49-6)16-10-20-18-33(4,5)43(19-20)31(46)34(36,37)38;1-30(2,3)24-16-14-22(27(32)35-24)28(38)37-43(41,42)26-8-6-7-25(36-26)34-23(15-9-19-17-31(4,5)33-18-19)20-10-12-21(13-11-20)29(39)40/h7-9,11-15,17,20,24H,10,16,18-19H2,1-6H3,(H,39,41)(H,42,44);6-8,10-14,16,19,23,33H,9,15,17-18H2,1-5H3,(H,34,36)(H,37,38)(H,39,40)/t20-,24?;19-,23?/m00/s1. The molecule has 2 aliphatic rings. The van der Waals surface area contributed by atoms with Crippen molar-refractivity contribution in [3.05, 3.63) is 164 Å². The van der Waals surface area contributed by atoms with Gasteiger partial charge in [-0.15, -0.1) is 0 Å². The van der Waals surface area contributed by atoms with Crippen LogP contribution >= 0.6 is 23.2 Å². The molecule has 21 nitrogen and oxygen atoms in total. The van der Waals surface area contributed by atoms with Crippen molar-refractivity contribution in [2.75, 3.05) is 30.8 Å². The number of hydrogen-bond acceptors (Lipinski definition) is 17. The summed E-state index contributed by atoms with van der Waals surface area (Å²) in [6, 6.07) is 26.9. The van der Waals surface area contributed by atoms with Crippen LogP contribution in [0.4, 0.5) is 24.8 Å². The molecular weight excluding hydrogens is 1290 g/mol. The van der Waals surface area contributed by atoms with Gasteiger partial charge in [-0.3, -0.25) is 14.4 Å². The van der Waals surface area contributed by atoms with Gasteiger partial charge in [-0.1, -0.05) is 101 Å². The summed E-state index contributed by atoms with van der Waals surface area (Å²) in [5.74, 6) is -4.74. The number of rotatable bonds is 20. The Balaban J connectivity index is 0.000000266. The average molecular weight is 1370 g/mol. The number of amides is 3. The number of nitrogens with zero attached hydrogens (tertiary/aromatic N) is 5. The Labute approximate surface area is 549 Å². The van der Waals surface area contributed by atoms with Gasteiger partial charge in [0.2, 0.25) is 0 Å². The van der Waals surface area contributed by atoms with E-state index in [4.69, 9.17) is 27.9 Å². The van der Waals surface area contributed by atoms with Gasteiger partial charge >= 0.3 is 24.0 Å². The normalized spacial score (nSPS) is 17.1. The minimum atomic E-state index is -4.99. The van der Waals surface area contributed by atoms with Crippen molar-refractivity contribution in [2.24, 2.45) is 11.8 Å². The van der Waals surface area contributed by atoms with Gasteiger partial charge in [0, 0.05) is 39.8 Å². The third kappa shape index (κ3) is 19.2. The number of hydrogen-bond donors (Lipinski definition) is 6. The predicted molar refractivity (Wildman–Crippen MR) is 346 cm³/mol. The summed E-state index contributed by atoms with van der Waals surface area (Å²) in [4.78, 5) is 79.3. The number of carboxylic acids is 1. The summed E-state index contributed by atoms with van der Waals surface area (Å²) in [6.45, 7) is 19.9. The first-order valence-corrected chi connectivity index (χ1v) is 33.5. The first kappa shape index (κ1) is 72.6. The predicted octanol–water partition coefficient (Wildman–Crippen LogP) is 12.0. The quantitative estimate of drug-likeness (QED) is 0.0306. The number of nitrogens with one attached hydrogen (secondary N) is 5. The number of anilines is 2. The molecule has 4 atom stereocenters. The second-order valence-electron chi connectivity index (χ2n) is 26.4. The maximum Gasteiger partial charge on any atom is 0.471 e. The van der Waals surface area contributed by atoms with E-state index in [1.54, 1.807) is 80.6 Å². The van der Waals surface area contributed by atoms with Crippen molar-refractivity contribution in [3.63, 3.8) is 0 Å². The number of aromatic nitrogens is 4. The van der Waals surface area contributed by atoms with E-state index in [1.807, 2.05) is 51.0 Å². The molecule has 0 saturated carbocycles. The van der Waals surface area contributed by atoms with Crippen molar-refractivity contribution in [1.29, 1.82) is 0 Å². The summed E-state index contributed by atoms with van der Waals surface area (Å²) in [5.41, 5.74) is 1.45. The number of carboxylic acid groups (broad SMARTS) is 1. The topological polar surface area (TPSA) is 298 Å². The Hall–Kier alpha value is -7.78. The van der Waals surface area contributed by atoms with Crippen LogP contribution < -0.4 is 25.4 Å². The minimum absolute atomic E-state index is 0.0676. The van der Waals surface area contributed by atoms with E-state index in [9.17, 15) is 59.1 Å². The first-order valence-electron chi connectivity index (χ1n) is 29.8. The highest BCUT2D eigenvalue weighted by Gasteiger charge is 2.51. The number of methoxy groups -OCH3 is 1. The van der Waals surface area contributed by atoms with Gasteiger partial charge in [0.15, 0.2) is 10.1 Å². The third-order valence-electron chi connectivity index (χ3n) is 16.0. The molecule has 8 rings (SSSR count). The highest BCUT2D eigenvalue weighted by molar-refractivity contribution is 7.90. The van der Waals surface area contributed by atoms with E-state index in [-0.39, 0.29) is 72.7 Å². The van der Waals surface area contributed by atoms with Crippen LogP contribution in [0.3, 0.4) is 0 Å². The molecule has 2 unspecified atom stereocenters. The summed E-state index contributed by atoms with van der Waals surface area (Å²) in [7, 11) is -7.59. The Morgan fingerprint density at radius 1 is 0.634 bits per heavy atom. The van der Waals surface area contributed by atoms with E-state index in [2.05, 4.69) is 49.7 Å². The molecule has 0 aliphatic carbocycles. The van der Waals surface area contributed by atoms with Gasteiger partial charge in [-0.25, -0.2) is 39.0 Å². The fraction of sp³-hybridized carbons (Fsp3) is 0.431. The molecule has 3 amide bonds. The lowest BCUT2D eigenvalue weighted by atomic mass is 9.90. The second kappa shape index (κ2) is 28.8. The molecule has 500 valence electrons. The lowest BCUT2D eigenvalue weighted by molar-refractivity contribution is -0.188. The third-order valence-corrected chi connectivity index (χ3v) is 19.0. The molecule has 0 spiro atoms. The summed E-state index contributed by atoms with van der Waals surface area (Å²) >= 11 is 12.5. The number of esters is 1. The summed E-state index contributed by atoms with van der Waals surface area (Å²) in [6.07, 6.45) is -1.27. The molecular formula is C65H77Cl2F3N10O11S2. The van der Waals surface area contributed by atoms with Crippen LogP contribution in [0.5, 0.6) is 0 Å². The van der Waals surface area contributed by atoms with Gasteiger partial charge in [0.25, 0.3) is 31.9 Å². The molecule has 0 radical (unpaired) electrons. The van der Waals surface area contributed by atoms with Gasteiger partial charge in [0.1, 0.15) is 21.9 Å². The Morgan fingerprint density at radius 3 is 1.44 bits per heavy atom. The van der Waals surface area contributed by atoms with E-state index < -0.39 is 72.5 Å². The molecule has 2 saturated heterocycles. The molecule has 6 aromatic rings. The molecule has 28 heteroatoms. The molecule has 93 heavy (non-hydrogen) atoms. The highest BCUT2D eigenvalue weighted by atomic mass is 35.5. The Bertz CT molecular complexity index is 3980. The van der Waals surface area contributed by atoms with E-state index in [1.165, 1.54) is 49.6 Å². The number of aromatic carboxylic acids is 1. The van der Waals surface area contributed by atoms with Crippen LogP contribution in [0, 0.1) is 11.8 Å². The molecule has 6 heterocycles. The van der Waals surface area contributed by atoms with Crippen LogP contribution in [-0.4, -0.2) is 114 Å². The monoisotopic (exact) mass is 1360 g/mol. The molecule has 6 N–H and O–H groups in total. The number of carbonyl (C=O) groups is 5. The number of halogens is 5. The van der Waals surface area contributed by atoms with Crippen molar-refractivity contribution in [2.45, 2.75) is 158 Å². The molecule has 0 bridgehead atoms. The van der Waals surface area contributed by atoms with Crippen LogP contribution in [0.1, 0.15) is 184 Å². The largest absolute Gasteiger partial charge is 0.478 e. The van der Waals surface area contributed by atoms with Crippen molar-refractivity contribution in [3.8, 4) is 0 Å².